The van der Waals surface area contributed by atoms with Crippen LogP contribution < -0.4 is 5.73 Å². The fourth-order valence-electron chi connectivity index (χ4n) is 0.172. The van der Waals surface area contributed by atoms with Crippen molar-refractivity contribution in [3.63, 3.8) is 0 Å². The predicted molar refractivity (Wildman–Crippen MR) is 38.2 cm³/mol. The summed E-state index contributed by atoms with van der Waals surface area (Å²) >= 11 is 0. The quantitative estimate of drug-likeness (QED) is 0.484. The van der Waals surface area contributed by atoms with Gasteiger partial charge in [-0.15, -0.1) is 0 Å². The van der Waals surface area contributed by atoms with Gasteiger partial charge in [-0.25, -0.2) is 4.57 Å². The molecule has 1 unspecified atom stereocenters. The average molecular weight is 175 g/mol. The van der Waals surface area contributed by atoms with E-state index in [1.807, 2.05) is 0 Å². The van der Waals surface area contributed by atoms with Crippen molar-refractivity contribution in [3.8, 4) is 0 Å². The van der Waals surface area contributed by atoms with Gasteiger partial charge in [0.05, 0.1) is 6.61 Å². The first kappa shape index (κ1) is 12.2. The van der Waals surface area contributed by atoms with Crippen molar-refractivity contribution >= 4 is 17.7 Å². The zero-order chi connectivity index (χ0) is 6.62. The minimum atomic E-state index is -4.26. The van der Waals surface area contributed by atoms with Crippen molar-refractivity contribution in [2.24, 2.45) is 5.73 Å². The first-order valence-electron chi connectivity index (χ1n) is 1.96. The second-order valence-corrected chi connectivity index (χ2v) is 2.35. The molecule has 0 spiro atoms. The van der Waals surface area contributed by atoms with Gasteiger partial charge in [0.15, 0.2) is 0 Å². The van der Waals surface area contributed by atoms with Crippen molar-refractivity contribution in [1.82, 2.24) is 0 Å². The monoisotopic (exact) mass is 175 g/mol. The van der Waals surface area contributed by atoms with E-state index in [9.17, 15) is 4.57 Å². The fraction of sp³-hybridized carbons (Fsp3) is 1.00. The minimum Gasteiger partial charge on any atom is -0.328 e. The van der Waals surface area contributed by atoms with Crippen molar-refractivity contribution in [2.75, 3.05) is 13.2 Å². The van der Waals surface area contributed by atoms with Gasteiger partial charge < -0.3 is 15.5 Å². The lowest BCUT2D eigenvalue weighted by molar-refractivity contribution is 0.202. The van der Waals surface area contributed by atoms with E-state index in [-0.39, 0.29) is 23.1 Å². The molecule has 0 aliphatic heterocycles. The van der Waals surface area contributed by atoms with Crippen LogP contribution in [0.2, 0.25) is 0 Å². The Hall–Kier alpha value is 0.500. The van der Waals surface area contributed by atoms with Gasteiger partial charge in [0.1, 0.15) is 0 Å². The third-order valence-electron chi connectivity index (χ3n) is 0.377. The molecule has 0 aromatic rings. The van der Waals surface area contributed by atoms with E-state index in [0.717, 1.165) is 0 Å². The predicted octanol–water partition coefficient (Wildman–Crippen LogP) is -0.887. The Bertz CT molecular complexity index is 101. The second kappa shape index (κ2) is 5.30. The SMILES string of the molecule is NCCOP(=O)(O)O.P. The normalized spacial score (nSPS) is 10.6. The number of nitrogens with two attached hydrogens (primary N) is 1. The first-order valence-corrected chi connectivity index (χ1v) is 3.49. The van der Waals surface area contributed by atoms with Crippen LogP contribution in [-0.4, -0.2) is 22.9 Å². The number of rotatable bonds is 3. The topological polar surface area (TPSA) is 92.8 Å². The van der Waals surface area contributed by atoms with Crippen LogP contribution in [0, 0.1) is 0 Å². The molecule has 0 bridgehead atoms. The molecular weight excluding hydrogens is 164 g/mol. The van der Waals surface area contributed by atoms with Crippen molar-refractivity contribution in [3.05, 3.63) is 0 Å². The molecule has 0 saturated heterocycles. The van der Waals surface area contributed by atoms with Gasteiger partial charge in [0.25, 0.3) is 0 Å². The summed E-state index contributed by atoms with van der Waals surface area (Å²) in [5.41, 5.74) is 4.87. The Balaban J connectivity index is 0. The molecule has 5 nitrogen and oxygen atoms in total. The summed E-state index contributed by atoms with van der Waals surface area (Å²) in [7, 11) is -4.26. The minimum absolute atomic E-state index is 0. The van der Waals surface area contributed by atoms with Crippen molar-refractivity contribution in [2.45, 2.75) is 0 Å². The fourth-order valence-corrected chi connectivity index (χ4v) is 0.515. The lowest BCUT2D eigenvalue weighted by Crippen LogP contribution is -2.06. The number of phosphoric acid groups is 1. The molecule has 0 aromatic carbocycles. The molecule has 9 heavy (non-hydrogen) atoms. The molecule has 0 saturated carbocycles. The number of phosphoric ester groups is 1. The summed E-state index contributed by atoms with van der Waals surface area (Å²) in [6.07, 6.45) is 0. The molecule has 58 valence electrons. The average Bonchev–Trinajstić information content (AvgIpc) is 1.59. The van der Waals surface area contributed by atoms with Crippen LogP contribution in [0.3, 0.4) is 0 Å². The summed E-state index contributed by atoms with van der Waals surface area (Å²) in [5, 5.41) is 0. The molecule has 0 aromatic heterocycles. The molecule has 7 heteroatoms. The van der Waals surface area contributed by atoms with Crippen LogP contribution in [0.4, 0.5) is 0 Å². The molecule has 0 radical (unpaired) electrons. The number of hydrogen-bond acceptors (Lipinski definition) is 3. The Morgan fingerprint density at radius 1 is 1.56 bits per heavy atom. The molecule has 0 fully saturated rings. The lowest BCUT2D eigenvalue weighted by Gasteiger charge is -2.00. The lowest BCUT2D eigenvalue weighted by atomic mass is 10.8. The Labute approximate surface area is 56.4 Å². The summed E-state index contributed by atoms with van der Waals surface area (Å²) in [5.74, 6) is 0. The zero-order valence-electron chi connectivity index (χ0n) is 4.86. The van der Waals surface area contributed by atoms with E-state index < -0.39 is 7.82 Å². The van der Waals surface area contributed by atoms with Gasteiger partial charge in [-0.3, -0.25) is 4.52 Å². The molecule has 0 amide bonds. The van der Waals surface area contributed by atoms with E-state index >= 15 is 0 Å². The number of hydrogen-bond donors (Lipinski definition) is 3. The molecule has 0 heterocycles. The van der Waals surface area contributed by atoms with Gasteiger partial charge in [0.2, 0.25) is 0 Å². The van der Waals surface area contributed by atoms with Crippen LogP contribution in [0.25, 0.3) is 0 Å². The van der Waals surface area contributed by atoms with E-state index in [1.54, 1.807) is 0 Å². The molecule has 1 atom stereocenters. The first-order chi connectivity index (χ1) is 3.56. The maximum atomic E-state index is 9.81. The van der Waals surface area contributed by atoms with E-state index in [1.165, 1.54) is 0 Å². The third kappa shape index (κ3) is 11.9. The molecular formula is C2H11NO4P2. The summed E-state index contributed by atoms with van der Waals surface area (Å²) in [6, 6.07) is 0. The van der Waals surface area contributed by atoms with Crippen molar-refractivity contribution < 1.29 is 18.9 Å². The summed E-state index contributed by atoms with van der Waals surface area (Å²) in [4.78, 5) is 16.0. The van der Waals surface area contributed by atoms with E-state index in [0.29, 0.717) is 0 Å². The highest BCUT2D eigenvalue weighted by atomic mass is 31.2. The van der Waals surface area contributed by atoms with Gasteiger partial charge in [-0.1, -0.05) is 0 Å². The maximum absolute atomic E-state index is 9.81. The van der Waals surface area contributed by atoms with Gasteiger partial charge in [-0.05, 0) is 0 Å². The Kier molecular flexibility index (Phi) is 7.18. The summed E-state index contributed by atoms with van der Waals surface area (Å²) < 4.78 is 13.7. The largest absolute Gasteiger partial charge is 0.469 e. The highest BCUT2D eigenvalue weighted by Gasteiger charge is 2.11. The van der Waals surface area contributed by atoms with Crippen LogP contribution >= 0.6 is 17.7 Å². The highest BCUT2D eigenvalue weighted by Crippen LogP contribution is 2.34. The Morgan fingerprint density at radius 2 is 2.00 bits per heavy atom. The van der Waals surface area contributed by atoms with Gasteiger partial charge in [0, 0.05) is 6.54 Å². The van der Waals surface area contributed by atoms with Crippen LogP contribution in [0.15, 0.2) is 0 Å². The second-order valence-electron chi connectivity index (χ2n) is 1.11. The van der Waals surface area contributed by atoms with E-state index in [4.69, 9.17) is 15.5 Å². The molecule has 0 aliphatic carbocycles. The maximum Gasteiger partial charge on any atom is 0.469 e. The van der Waals surface area contributed by atoms with Crippen LogP contribution in [0.1, 0.15) is 0 Å². The molecule has 0 aliphatic rings. The molecule has 4 N–H and O–H groups in total. The van der Waals surface area contributed by atoms with Gasteiger partial charge in [-0.2, -0.15) is 9.90 Å². The van der Waals surface area contributed by atoms with Crippen LogP contribution in [0.5, 0.6) is 0 Å². The van der Waals surface area contributed by atoms with Gasteiger partial charge >= 0.3 is 7.82 Å². The van der Waals surface area contributed by atoms with Crippen molar-refractivity contribution in [1.29, 1.82) is 0 Å². The third-order valence-corrected chi connectivity index (χ3v) is 0.896. The Morgan fingerprint density at radius 3 is 2.11 bits per heavy atom. The van der Waals surface area contributed by atoms with Crippen LogP contribution in [-0.2, 0) is 9.09 Å². The molecule has 0 rings (SSSR count). The van der Waals surface area contributed by atoms with E-state index in [2.05, 4.69) is 4.52 Å². The summed E-state index contributed by atoms with van der Waals surface area (Å²) in [6.45, 7) is 0.00931. The smallest absolute Gasteiger partial charge is 0.328 e. The standard InChI is InChI=1S/C2H8NO4P.H3P/c3-1-2-7-8(4,5)6;/h1-3H2,(H2,4,5,6);1H3. The highest BCUT2D eigenvalue weighted by molar-refractivity contribution is 7.46. The zero-order valence-corrected chi connectivity index (χ0v) is 7.17.